The number of imide groups is 1. The van der Waals surface area contributed by atoms with Gasteiger partial charge < -0.3 is 4.74 Å². The zero-order valence-electron chi connectivity index (χ0n) is 11.9. The number of fused-ring (bicyclic) bond motifs is 1. The Morgan fingerprint density at radius 1 is 1.30 bits per heavy atom. The summed E-state index contributed by atoms with van der Waals surface area (Å²) < 4.78 is 4.86. The largest absolute Gasteiger partial charge is 0.461 e. The van der Waals surface area contributed by atoms with E-state index in [0.717, 1.165) is 4.90 Å². The summed E-state index contributed by atoms with van der Waals surface area (Å²) >= 11 is 12.1. The fraction of sp³-hybridized carbons (Fsp3) is 0.286. The predicted octanol–water partition coefficient (Wildman–Crippen LogP) is 1.37. The zero-order valence-corrected chi connectivity index (χ0v) is 13.4. The standard InChI is InChI=1S/C14H11Cl2N3O4/c1-2-23-14(22)10-8-9(17-18-10)13(21)19(12(8)20)11-6(15)4-3-5-7(11)16/h3-5,8-9,17H,2H2,1H3/t8-,9+/m1/s1. The Morgan fingerprint density at radius 3 is 2.57 bits per heavy atom. The van der Waals surface area contributed by atoms with Crippen LogP contribution in [0.2, 0.25) is 10.0 Å². The second-order valence-electron chi connectivity index (χ2n) is 4.88. The lowest BCUT2D eigenvalue weighted by molar-refractivity contribution is -0.136. The van der Waals surface area contributed by atoms with Gasteiger partial charge in [-0.05, 0) is 19.1 Å². The normalized spacial score (nSPS) is 22.7. The highest BCUT2D eigenvalue weighted by Crippen LogP contribution is 2.39. The molecule has 0 spiro atoms. The number of anilines is 1. The monoisotopic (exact) mass is 355 g/mol. The first-order valence-corrected chi connectivity index (χ1v) is 7.55. The van der Waals surface area contributed by atoms with Crippen LogP contribution in [0.15, 0.2) is 23.3 Å². The Kier molecular flexibility index (Phi) is 3.99. The number of hydrogen-bond acceptors (Lipinski definition) is 6. The smallest absolute Gasteiger partial charge is 0.355 e. The van der Waals surface area contributed by atoms with Crippen LogP contribution in [0.3, 0.4) is 0 Å². The molecule has 2 aliphatic heterocycles. The molecule has 0 aromatic heterocycles. The molecular weight excluding hydrogens is 345 g/mol. The molecule has 1 fully saturated rings. The summed E-state index contributed by atoms with van der Waals surface area (Å²) in [6.07, 6.45) is 0. The first-order chi connectivity index (χ1) is 11.0. The van der Waals surface area contributed by atoms with Crippen LogP contribution < -0.4 is 10.3 Å². The van der Waals surface area contributed by atoms with Gasteiger partial charge in [0.25, 0.3) is 5.91 Å². The molecule has 0 radical (unpaired) electrons. The number of nitrogens with zero attached hydrogens (tertiary/aromatic N) is 2. The molecule has 23 heavy (non-hydrogen) atoms. The van der Waals surface area contributed by atoms with Crippen LogP contribution in [-0.2, 0) is 19.1 Å². The van der Waals surface area contributed by atoms with Crippen molar-refractivity contribution in [1.29, 1.82) is 0 Å². The Labute approximate surface area is 141 Å². The number of esters is 1. The van der Waals surface area contributed by atoms with Gasteiger partial charge in [-0.25, -0.2) is 9.69 Å². The highest BCUT2D eigenvalue weighted by atomic mass is 35.5. The molecule has 0 unspecified atom stereocenters. The first-order valence-electron chi connectivity index (χ1n) is 6.79. The van der Waals surface area contributed by atoms with Gasteiger partial charge >= 0.3 is 5.97 Å². The van der Waals surface area contributed by atoms with Crippen molar-refractivity contribution in [3.63, 3.8) is 0 Å². The predicted molar refractivity (Wildman–Crippen MR) is 83.4 cm³/mol. The van der Waals surface area contributed by atoms with Crippen LogP contribution in [0.4, 0.5) is 5.69 Å². The van der Waals surface area contributed by atoms with Gasteiger partial charge in [-0.1, -0.05) is 29.3 Å². The van der Waals surface area contributed by atoms with Gasteiger partial charge in [0.1, 0.15) is 12.0 Å². The maximum absolute atomic E-state index is 12.7. The van der Waals surface area contributed by atoms with E-state index >= 15 is 0 Å². The maximum Gasteiger partial charge on any atom is 0.355 e. The SMILES string of the molecule is CCOC(=O)C1=NN[C@@H]2C(=O)N(c3c(Cl)cccc3Cl)C(=O)[C@@H]12. The summed E-state index contributed by atoms with van der Waals surface area (Å²) in [7, 11) is 0. The average Bonchev–Trinajstić information content (AvgIpc) is 3.03. The molecule has 9 heteroatoms. The highest BCUT2D eigenvalue weighted by Gasteiger charge is 2.56. The molecule has 120 valence electrons. The summed E-state index contributed by atoms with van der Waals surface area (Å²) in [5.41, 5.74) is 2.49. The summed E-state index contributed by atoms with van der Waals surface area (Å²) in [5, 5.41) is 4.09. The highest BCUT2D eigenvalue weighted by molar-refractivity contribution is 6.48. The molecule has 3 rings (SSSR count). The van der Waals surface area contributed by atoms with Crippen LogP contribution in [-0.4, -0.2) is 36.1 Å². The molecule has 0 saturated carbocycles. The minimum atomic E-state index is -1.05. The number of para-hydroxylation sites is 1. The second-order valence-corrected chi connectivity index (χ2v) is 5.70. The zero-order chi connectivity index (χ0) is 16.7. The summed E-state index contributed by atoms with van der Waals surface area (Å²) in [6.45, 7) is 1.77. The minimum Gasteiger partial charge on any atom is -0.461 e. The Morgan fingerprint density at radius 2 is 1.96 bits per heavy atom. The van der Waals surface area contributed by atoms with Crippen molar-refractivity contribution in [3.8, 4) is 0 Å². The number of nitrogens with one attached hydrogen (secondary N) is 1. The van der Waals surface area contributed by atoms with Gasteiger partial charge in [-0.2, -0.15) is 5.10 Å². The Bertz CT molecular complexity index is 729. The number of carbonyl (C=O) groups excluding carboxylic acids is 3. The minimum absolute atomic E-state index is 0.102. The van der Waals surface area contributed by atoms with E-state index in [1.54, 1.807) is 13.0 Å². The van der Waals surface area contributed by atoms with Gasteiger partial charge in [0.15, 0.2) is 5.71 Å². The topological polar surface area (TPSA) is 88.1 Å². The lowest BCUT2D eigenvalue weighted by Gasteiger charge is -2.18. The number of rotatable bonds is 3. The van der Waals surface area contributed by atoms with Crippen LogP contribution in [0.1, 0.15) is 6.92 Å². The first kappa shape index (κ1) is 15.8. The molecule has 1 aromatic rings. The van der Waals surface area contributed by atoms with Gasteiger partial charge in [0.05, 0.1) is 22.3 Å². The maximum atomic E-state index is 12.7. The van der Waals surface area contributed by atoms with Crippen LogP contribution in [0.25, 0.3) is 0 Å². The van der Waals surface area contributed by atoms with E-state index in [-0.39, 0.29) is 28.1 Å². The fourth-order valence-corrected chi connectivity index (χ4v) is 3.15. The number of hydrogen-bond donors (Lipinski definition) is 1. The van der Waals surface area contributed by atoms with Gasteiger partial charge in [-0.3, -0.25) is 15.0 Å². The molecular formula is C14H11Cl2N3O4. The number of benzene rings is 1. The van der Waals surface area contributed by atoms with Crippen LogP contribution >= 0.6 is 23.2 Å². The fourth-order valence-electron chi connectivity index (χ4n) is 2.59. The van der Waals surface area contributed by atoms with Crippen molar-refractivity contribution in [1.82, 2.24) is 5.43 Å². The summed E-state index contributed by atoms with van der Waals surface area (Å²) in [6, 6.07) is 3.68. The van der Waals surface area contributed by atoms with E-state index in [1.807, 2.05) is 0 Å². The molecule has 2 heterocycles. The lowest BCUT2D eigenvalue weighted by atomic mass is 9.99. The van der Waals surface area contributed by atoms with Crippen molar-refractivity contribution >= 4 is 52.4 Å². The summed E-state index contributed by atoms with van der Waals surface area (Å²) in [4.78, 5) is 38.0. The molecule has 2 amide bonds. The van der Waals surface area contributed by atoms with E-state index in [1.165, 1.54) is 12.1 Å². The lowest BCUT2D eigenvalue weighted by Crippen LogP contribution is -2.36. The number of hydrazone groups is 1. The van der Waals surface area contributed by atoms with E-state index < -0.39 is 29.7 Å². The van der Waals surface area contributed by atoms with E-state index in [4.69, 9.17) is 27.9 Å². The molecule has 1 aromatic carbocycles. The third-order valence-electron chi connectivity index (χ3n) is 3.57. The quantitative estimate of drug-likeness (QED) is 0.653. The second kappa shape index (κ2) is 5.82. The van der Waals surface area contributed by atoms with Crippen molar-refractivity contribution < 1.29 is 19.1 Å². The van der Waals surface area contributed by atoms with Crippen LogP contribution in [0.5, 0.6) is 0 Å². The molecule has 2 atom stereocenters. The molecule has 1 saturated heterocycles. The molecule has 1 N–H and O–H groups in total. The Balaban J connectivity index is 1.99. The van der Waals surface area contributed by atoms with Crippen molar-refractivity contribution in [3.05, 3.63) is 28.2 Å². The number of halogens is 2. The van der Waals surface area contributed by atoms with Gasteiger partial charge in [0.2, 0.25) is 5.91 Å². The molecule has 7 nitrogen and oxygen atoms in total. The van der Waals surface area contributed by atoms with E-state index in [9.17, 15) is 14.4 Å². The molecule has 0 aliphatic carbocycles. The third kappa shape index (κ3) is 2.36. The third-order valence-corrected chi connectivity index (χ3v) is 4.18. The van der Waals surface area contributed by atoms with Crippen molar-refractivity contribution in [2.75, 3.05) is 11.5 Å². The van der Waals surface area contributed by atoms with E-state index in [2.05, 4.69) is 10.5 Å². The molecule has 2 aliphatic rings. The number of amides is 2. The van der Waals surface area contributed by atoms with Gasteiger partial charge in [-0.15, -0.1) is 0 Å². The Hall–Kier alpha value is -2.12. The van der Waals surface area contributed by atoms with Crippen molar-refractivity contribution in [2.24, 2.45) is 11.0 Å². The van der Waals surface area contributed by atoms with Gasteiger partial charge in [0, 0.05) is 0 Å². The number of carbonyl (C=O) groups is 3. The summed E-state index contributed by atoms with van der Waals surface area (Å²) in [5.74, 6) is -2.97. The number of ether oxygens (including phenoxy) is 1. The average molecular weight is 356 g/mol. The van der Waals surface area contributed by atoms with Crippen molar-refractivity contribution in [2.45, 2.75) is 13.0 Å². The van der Waals surface area contributed by atoms with E-state index in [0.29, 0.717) is 0 Å². The van der Waals surface area contributed by atoms with Crippen LogP contribution in [0, 0.1) is 5.92 Å². The molecule has 0 bridgehead atoms.